The molecule has 2 aliphatic rings. The summed E-state index contributed by atoms with van der Waals surface area (Å²) < 4.78 is 5.85. The van der Waals surface area contributed by atoms with Crippen LogP contribution in [0.1, 0.15) is 48.8 Å². The fourth-order valence-corrected chi connectivity index (χ4v) is 4.12. The van der Waals surface area contributed by atoms with Crippen molar-refractivity contribution in [2.75, 3.05) is 6.61 Å². The van der Waals surface area contributed by atoms with E-state index in [0.717, 1.165) is 37.3 Å². The van der Waals surface area contributed by atoms with E-state index in [1.54, 1.807) is 0 Å². The lowest BCUT2D eigenvalue weighted by atomic mass is 9.51. The Hall–Kier alpha value is -2.21. The van der Waals surface area contributed by atoms with Crippen LogP contribution < -0.4 is 5.32 Å². The Morgan fingerprint density at radius 3 is 2.68 bits per heavy atom. The molecule has 25 heavy (non-hydrogen) atoms. The van der Waals surface area contributed by atoms with E-state index in [4.69, 9.17) is 4.74 Å². The van der Waals surface area contributed by atoms with Gasteiger partial charge in [0.25, 0.3) is 5.91 Å². The summed E-state index contributed by atoms with van der Waals surface area (Å²) in [5, 5.41) is 10.2. The zero-order valence-electron chi connectivity index (χ0n) is 14.7. The normalized spacial score (nSPS) is 23.8. The smallest absolute Gasteiger partial charge is 0.251 e. The van der Waals surface area contributed by atoms with Gasteiger partial charge in [0.05, 0.1) is 6.10 Å². The van der Waals surface area contributed by atoms with Crippen molar-refractivity contribution >= 4 is 5.91 Å². The molecule has 0 radical (unpaired) electrons. The van der Waals surface area contributed by atoms with Crippen LogP contribution in [0.15, 0.2) is 24.3 Å². The average molecular weight is 340 g/mol. The SMILES string of the molecule is CCOC1CC(NC(=O)c2ccc(-c3n[nH]c(C)n3)cc2)C12CCC2. The zero-order chi connectivity index (χ0) is 17.4. The molecule has 1 aromatic heterocycles. The van der Waals surface area contributed by atoms with E-state index in [2.05, 4.69) is 20.5 Å². The van der Waals surface area contributed by atoms with Crippen molar-refractivity contribution in [3.05, 3.63) is 35.7 Å². The molecule has 2 unspecified atom stereocenters. The molecule has 2 aromatic rings. The quantitative estimate of drug-likeness (QED) is 0.877. The number of hydrogen-bond donors (Lipinski definition) is 2. The van der Waals surface area contributed by atoms with Crippen molar-refractivity contribution in [3.8, 4) is 11.4 Å². The molecule has 1 heterocycles. The number of benzene rings is 1. The van der Waals surface area contributed by atoms with Crippen molar-refractivity contribution in [2.45, 2.75) is 51.7 Å². The van der Waals surface area contributed by atoms with Gasteiger partial charge in [0.2, 0.25) is 0 Å². The van der Waals surface area contributed by atoms with Crippen molar-refractivity contribution in [1.82, 2.24) is 20.5 Å². The lowest BCUT2D eigenvalue weighted by Gasteiger charge is -2.61. The first-order valence-corrected chi connectivity index (χ1v) is 9.04. The van der Waals surface area contributed by atoms with Gasteiger partial charge in [0.1, 0.15) is 5.82 Å². The number of rotatable bonds is 5. The zero-order valence-corrected chi connectivity index (χ0v) is 14.7. The van der Waals surface area contributed by atoms with Crippen molar-refractivity contribution < 1.29 is 9.53 Å². The molecule has 2 saturated carbocycles. The summed E-state index contributed by atoms with van der Waals surface area (Å²) in [5.41, 5.74) is 1.75. The summed E-state index contributed by atoms with van der Waals surface area (Å²) in [7, 11) is 0. The number of ether oxygens (including phenoxy) is 1. The van der Waals surface area contributed by atoms with E-state index in [-0.39, 0.29) is 17.4 Å². The Bertz CT molecular complexity index is 764. The number of amides is 1. The highest BCUT2D eigenvalue weighted by Crippen LogP contribution is 2.57. The molecule has 4 rings (SSSR count). The van der Waals surface area contributed by atoms with Gasteiger partial charge in [-0.15, -0.1) is 0 Å². The maximum atomic E-state index is 12.6. The van der Waals surface area contributed by atoms with Crippen LogP contribution in [-0.4, -0.2) is 39.8 Å². The van der Waals surface area contributed by atoms with Gasteiger partial charge in [-0.25, -0.2) is 4.98 Å². The number of carbonyl (C=O) groups is 1. The third-order valence-electron chi connectivity index (χ3n) is 5.75. The molecule has 2 aliphatic carbocycles. The molecule has 0 bridgehead atoms. The lowest BCUT2D eigenvalue weighted by molar-refractivity contribution is -0.169. The topological polar surface area (TPSA) is 79.9 Å². The number of hydrogen-bond acceptors (Lipinski definition) is 4. The van der Waals surface area contributed by atoms with Crippen molar-refractivity contribution in [3.63, 3.8) is 0 Å². The number of aromatic nitrogens is 3. The summed E-state index contributed by atoms with van der Waals surface area (Å²) >= 11 is 0. The van der Waals surface area contributed by atoms with Crippen LogP contribution in [0.5, 0.6) is 0 Å². The van der Waals surface area contributed by atoms with Crippen LogP contribution in [0.2, 0.25) is 0 Å². The molecule has 2 N–H and O–H groups in total. The van der Waals surface area contributed by atoms with E-state index >= 15 is 0 Å². The highest BCUT2D eigenvalue weighted by molar-refractivity contribution is 5.95. The van der Waals surface area contributed by atoms with E-state index in [1.165, 1.54) is 6.42 Å². The molecule has 6 nitrogen and oxygen atoms in total. The highest BCUT2D eigenvalue weighted by atomic mass is 16.5. The van der Waals surface area contributed by atoms with Gasteiger partial charge in [-0.1, -0.05) is 18.6 Å². The standard InChI is InChI=1S/C19H24N4O2/c1-3-25-16-11-15(19(16)9-4-10-19)21-18(24)14-7-5-13(6-8-14)17-20-12(2)22-23-17/h5-8,15-16H,3-4,9-11H2,1-2H3,(H,21,24)(H,20,22,23). The number of nitrogens with one attached hydrogen (secondary N) is 2. The fourth-order valence-electron chi connectivity index (χ4n) is 4.12. The van der Waals surface area contributed by atoms with Crippen LogP contribution >= 0.6 is 0 Å². The van der Waals surface area contributed by atoms with Gasteiger partial charge in [-0.2, -0.15) is 5.10 Å². The van der Waals surface area contributed by atoms with Crippen LogP contribution in [0, 0.1) is 12.3 Å². The van der Waals surface area contributed by atoms with Gasteiger partial charge in [-0.3, -0.25) is 9.89 Å². The number of H-pyrrole nitrogens is 1. The van der Waals surface area contributed by atoms with Gasteiger partial charge < -0.3 is 10.1 Å². The lowest BCUT2D eigenvalue weighted by Crippen LogP contribution is -2.67. The van der Waals surface area contributed by atoms with E-state index in [1.807, 2.05) is 38.1 Å². The van der Waals surface area contributed by atoms with Gasteiger partial charge in [-0.05, 0) is 45.2 Å². The molecule has 2 fully saturated rings. The van der Waals surface area contributed by atoms with E-state index in [9.17, 15) is 4.79 Å². The second-order valence-corrected chi connectivity index (χ2v) is 7.11. The van der Waals surface area contributed by atoms with Crippen LogP contribution in [0.3, 0.4) is 0 Å². The Morgan fingerprint density at radius 2 is 2.12 bits per heavy atom. The molecule has 0 saturated heterocycles. The summed E-state index contributed by atoms with van der Waals surface area (Å²) in [6, 6.07) is 7.69. The third kappa shape index (κ3) is 2.74. The summed E-state index contributed by atoms with van der Waals surface area (Å²) in [6.07, 6.45) is 4.79. The average Bonchev–Trinajstić information content (AvgIpc) is 2.99. The van der Waals surface area contributed by atoms with Crippen LogP contribution in [0.25, 0.3) is 11.4 Å². The Morgan fingerprint density at radius 1 is 1.36 bits per heavy atom. The van der Waals surface area contributed by atoms with Gasteiger partial charge in [0.15, 0.2) is 5.82 Å². The number of nitrogens with zero attached hydrogens (tertiary/aromatic N) is 2. The molecule has 6 heteroatoms. The molecular formula is C19H24N4O2. The first-order chi connectivity index (χ1) is 12.1. The largest absolute Gasteiger partial charge is 0.378 e. The molecule has 1 amide bonds. The Labute approximate surface area is 147 Å². The Balaban J connectivity index is 1.42. The van der Waals surface area contributed by atoms with Crippen LogP contribution in [-0.2, 0) is 4.74 Å². The number of aryl methyl sites for hydroxylation is 1. The first-order valence-electron chi connectivity index (χ1n) is 9.04. The molecule has 2 atom stereocenters. The monoisotopic (exact) mass is 340 g/mol. The molecule has 1 aromatic carbocycles. The second kappa shape index (κ2) is 6.26. The summed E-state index contributed by atoms with van der Waals surface area (Å²) in [4.78, 5) is 16.9. The van der Waals surface area contributed by atoms with Gasteiger partial charge >= 0.3 is 0 Å². The van der Waals surface area contributed by atoms with Crippen molar-refractivity contribution in [1.29, 1.82) is 0 Å². The minimum Gasteiger partial charge on any atom is -0.378 e. The predicted molar refractivity (Wildman–Crippen MR) is 94.1 cm³/mol. The number of aromatic amines is 1. The maximum Gasteiger partial charge on any atom is 0.251 e. The summed E-state index contributed by atoms with van der Waals surface area (Å²) in [6.45, 7) is 4.65. The Kier molecular flexibility index (Phi) is 4.07. The third-order valence-corrected chi connectivity index (χ3v) is 5.75. The summed E-state index contributed by atoms with van der Waals surface area (Å²) in [5.74, 6) is 1.41. The molecule has 132 valence electrons. The fraction of sp³-hybridized carbons (Fsp3) is 0.526. The van der Waals surface area contributed by atoms with Gasteiger partial charge in [0, 0.05) is 29.2 Å². The highest BCUT2D eigenvalue weighted by Gasteiger charge is 2.59. The van der Waals surface area contributed by atoms with Crippen LogP contribution in [0.4, 0.5) is 0 Å². The predicted octanol–water partition coefficient (Wildman–Crippen LogP) is 2.86. The molecule has 1 spiro atoms. The first kappa shape index (κ1) is 16.3. The van der Waals surface area contributed by atoms with E-state index in [0.29, 0.717) is 17.5 Å². The minimum absolute atomic E-state index is 0.0102. The second-order valence-electron chi connectivity index (χ2n) is 7.11. The maximum absolute atomic E-state index is 12.6. The molecular weight excluding hydrogens is 316 g/mol. The minimum atomic E-state index is -0.0102. The van der Waals surface area contributed by atoms with E-state index < -0.39 is 0 Å². The molecule has 0 aliphatic heterocycles. The van der Waals surface area contributed by atoms with Crippen molar-refractivity contribution in [2.24, 2.45) is 5.41 Å². The number of carbonyl (C=O) groups excluding carboxylic acids is 1.